The van der Waals surface area contributed by atoms with Crippen molar-refractivity contribution < 1.29 is 17.1 Å². The number of nitrogens with one attached hydrogen (secondary N) is 1. The smallest absolute Gasteiger partial charge is 0.326 e. The van der Waals surface area contributed by atoms with Crippen molar-refractivity contribution in [3.8, 4) is 0 Å². The quantitative estimate of drug-likeness (QED) is 0.786. The summed E-state index contributed by atoms with van der Waals surface area (Å²) >= 11 is 0. The van der Waals surface area contributed by atoms with Crippen molar-refractivity contribution >= 4 is 21.8 Å². The van der Waals surface area contributed by atoms with Gasteiger partial charge in [0, 0.05) is 12.6 Å². The average Bonchev–Trinajstić information content (AvgIpc) is 2.05. The van der Waals surface area contributed by atoms with Crippen LogP contribution in [0.5, 0.6) is 0 Å². The van der Waals surface area contributed by atoms with E-state index in [4.69, 9.17) is 0 Å². The molecule has 0 bridgehead atoms. The summed E-state index contributed by atoms with van der Waals surface area (Å²) in [7, 11) is -4.68. The van der Waals surface area contributed by atoms with Crippen LogP contribution in [0.1, 0.15) is 12.5 Å². The van der Waals surface area contributed by atoms with E-state index in [1.54, 1.807) is 6.92 Å². The van der Waals surface area contributed by atoms with Gasteiger partial charge < -0.3 is 5.32 Å². The standard InChI is InChI=1S/C9H10FNO3S/c1-6-5-8(15(10,13)14)3-4-9(6)11-7(2)12/h3-5H,1-2H3,(H,11,12). The van der Waals surface area contributed by atoms with E-state index in [2.05, 4.69) is 5.32 Å². The zero-order valence-electron chi connectivity index (χ0n) is 8.24. The van der Waals surface area contributed by atoms with Crippen LogP contribution in [0.2, 0.25) is 0 Å². The summed E-state index contributed by atoms with van der Waals surface area (Å²) in [6, 6.07) is 3.62. The molecule has 0 atom stereocenters. The minimum atomic E-state index is -4.68. The van der Waals surface area contributed by atoms with Crippen molar-refractivity contribution in [3.05, 3.63) is 23.8 Å². The molecule has 6 heteroatoms. The lowest BCUT2D eigenvalue weighted by atomic mass is 10.2. The summed E-state index contributed by atoms with van der Waals surface area (Å²) < 4.78 is 33.7. The maximum Gasteiger partial charge on any atom is 0.332 e. The number of carbonyl (C=O) groups is 1. The van der Waals surface area contributed by atoms with Crippen LogP contribution in [0.3, 0.4) is 0 Å². The van der Waals surface area contributed by atoms with E-state index < -0.39 is 15.1 Å². The second-order valence-electron chi connectivity index (χ2n) is 3.10. The molecule has 0 fully saturated rings. The van der Waals surface area contributed by atoms with E-state index in [-0.39, 0.29) is 5.91 Å². The van der Waals surface area contributed by atoms with Crippen LogP contribution >= 0.6 is 0 Å². The molecule has 0 unspecified atom stereocenters. The Kier molecular flexibility index (Phi) is 3.09. The maximum absolute atomic E-state index is 12.6. The lowest BCUT2D eigenvalue weighted by Crippen LogP contribution is -2.07. The van der Waals surface area contributed by atoms with Crippen LogP contribution < -0.4 is 5.32 Å². The zero-order chi connectivity index (χ0) is 11.6. The molecule has 1 aromatic rings. The minimum Gasteiger partial charge on any atom is -0.326 e. The van der Waals surface area contributed by atoms with E-state index in [0.29, 0.717) is 11.3 Å². The van der Waals surface area contributed by atoms with Crippen molar-refractivity contribution in [2.24, 2.45) is 0 Å². The molecule has 1 N–H and O–H groups in total. The van der Waals surface area contributed by atoms with Crippen LogP contribution in [-0.2, 0) is 15.0 Å². The monoisotopic (exact) mass is 231 g/mol. The summed E-state index contributed by atoms with van der Waals surface area (Å²) in [6.45, 7) is 2.92. The Bertz CT molecular complexity index is 496. The van der Waals surface area contributed by atoms with Gasteiger partial charge in [0.15, 0.2) is 0 Å². The molecule has 1 rings (SSSR count). The Labute approximate surface area is 87.3 Å². The molecular formula is C9H10FNO3S. The number of rotatable bonds is 2. The Morgan fingerprint density at radius 3 is 2.40 bits per heavy atom. The molecule has 82 valence electrons. The number of anilines is 1. The molecule has 0 saturated carbocycles. The molecule has 0 aliphatic rings. The maximum atomic E-state index is 12.6. The van der Waals surface area contributed by atoms with E-state index in [1.807, 2.05) is 0 Å². The number of benzene rings is 1. The van der Waals surface area contributed by atoms with Gasteiger partial charge in [-0.15, -0.1) is 3.89 Å². The Balaban J connectivity index is 3.15. The van der Waals surface area contributed by atoms with Gasteiger partial charge in [-0.1, -0.05) is 0 Å². The molecule has 0 saturated heterocycles. The molecule has 0 heterocycles. The SMILES string of the molecule is CC(=O)Nc1ccc(S(=O)(=O)F)cc1C. The zero-order valence-corrected chi connectivity index (χ0v) is 9.06. The summed E-state index contributed by atoms with van der Waals surface area (Å²) in [5.41, 5.74) is 0.957. The summed E-state index contributed by atoms with van der Waals surface area (Å²) in [4.78, 5) is 10.3. The van der Waals surface area contributed by atoms with Crippen LogP contribution in [0, 0.1) is 6.92 Å². The molecule has 1 amide bonds. The number of amides is 1. The van der Waals surface area contributed by atoms with Crippen LogP contribution in [-0.4, -0.2) is 14.3 Å². The van der Waals surface area contributed by atoms with E-state index in [1.165, 1.54) is 19.1 Å². The molecule has 0 aromatic heterocycles. The summed E-state index contributed by atoms with van der Waals surface area (Å²) in [6.07, 6.45) is 0. The molecule has 4 nitrogen and oxygen atoms in total. The highest BCUT2D eigenvalue weighted by Crippen LogP contribution is 2.20. The number of aryl methyl sites for hydroxylation is 1. The third-order valence-corrected chi connectivity index (χ3v) is 2.61. The van der Waals surface area contributed by atoms with Gasteiger partial charge in [-0.25, -0.2) is 0 Å². The van der Waals surface area contributed by atoms with Crippen molar-refractivity contribution in [2.75, 3.05) is 5.32 Å². The van der Waals surface area contributed by atoms with Gasteiger partial charge >= 0.3 is 10.2 Å². The first kappa shape index (κ1) is 11.6. The Morgan fingerprint density at radius 2 is 2.00 bits per heavy atom. The fraction of sp³-hybridized carbons (Fsp3) is 0.222. The highest BCUT2D eigenvalue weighted by atomic mass is 32.3. The van der Waals surface area contributed by atoms with Crippen LogP contribution in [0.15, 0.2) is 23.1 Å². The fourth-order valence-electron chi connectivity index (χ4n) is 1.12. The highest BCUT2D eigenvalue weighted by molar-refractivity contribution is 7.86. The highest BCUT2D eigenvalue weighted by Gasteiger charge is 2.13. The van der Waals surface area contributed by atoms with Gasteiger partial charge in [-0.05, 0) is 30.7 Å². The van der Waals surface area contributed by atoms with Crippen molar-refractivity contribution in [2.45, 2.75) is 18.7 Å². The first-order valence-corrected chi connectivity index (χ1v) is 5.52. The molecule has 15 heavy (non-hydrogen) atoms. The van der Waals surface area contributed by atoms with Crippen molar-refractivity contribution in [3.63, 3.8) is 0 Å². The average molecular weight is 231 g/mol. The molecular weight excluding hydrogens is 221 g/mol. The predicted octanol–water partition coefficient (Wildman–Crippen LogP) is 1.61. The predicted molar refractivity (Wildman–Crippen MR) is 53.8 cm³/mol. The number of hydrogen-bond donors (Lipinski definition) is 1. The van der Waals surface area contributed by atoms with Crippen LogP contribution in [0.25, 0.3) is 0 Å². The van der Waals surface area contributed by atoms with Gasteiger partial charge in [-0.3, -0.25) is 4.79 Å². The normalized spacial score (nSPS) is 11.1. The Hall–Kier alpha value is -1.43. The number of halogens is 1. The largest absolute Gasteiger partial charge is 0.332 e. The molecule has 1 aromatic carbocycles. The van der Waals surface area contributed by atoms with E-state index in [9.17, 15) is 17.1 Å². The lowest BCUT2D eigenvalue weighted by Gasteiger charge is -2.06. The second-order valence-corrected chi connectivity index (χ2v) is 4.44. The summed E-state index contributed by atoms with van der Waals surface area (Å²) in [5.74, 6) is -0.269. The fourth-order valence-corrected chi connectivity index (χ4v) is 1.67. The first-order valence-electron chi connectivity index (χ1n) is 4.13. The lowest BCUT2D eigenvalue weighted by molar-refractivity contribution is -0.114. The molecule has 0 radical (unpaired) electrons. The Morgan fingerprint density at radius 1 is 1.40 bits per heavy atom. The van der Waals surface area contributed by atoms with E-state index >= 15 is 0 Å². The second kappa shape index (κ2) is 3.98. The van der Waals surface area contributed by atoms with Gasteiger partial charge in [0.25, 0.3) is 0 Å². The number of hydrogen-bond acceptors (Lipinski definition) is 3. The van der Waals surface area contributed by atoms with Gasteiger partial charge in [-0.2, -0.15) is 8.42 Å². The third-order valence-electron chi connectivity index (χ3n) is 1.79. The topological polar surface area (TPSA) is 63.2 Å². The minimum absolute atomic E-state index is 0.269. The van der Waals surface area contributed by atoms with Gasteiger partial charge in [0.1, 0.15) is 0 Å². The molecule has 0 aliphatic carbocycles. The molecule has 0 spiro atoms. The van der Waals surface area contributed by atoms with E-state index in [0.717, 1.165) is 6.07 Å². The number of carbonyl (C=O) groups excluding carboxylic acids is 1. The van der Waals surface area contributed by atoms with Gasteiger partial charge in [0.2, 0.25) is 5.91 Å². The third kappa shape index (κ3) is 3.02. The van der Waals surface area contributed by atoms with Crippen molar-refractivity contribution in [1.82, 2.24) is 0 Å². The van der Waals surface area contributed by atoms with Gasteiger partial charge in [0.05, 0.1) is 4.90 Å². The van der Waals surface area contributed by atoms with Crippen molar-refractivity contribution in [1.29, 1.82) is 0 Å². The molecule has 0 aliphatic heterocycles. The first-order chi connectivity index (χ1) is 6.80. The van der Waals surface area contributed by atoms with Crippen LogP contribution in [0.4, 0.5) is 9.57 Å². The summed E-state index contributed by atoms with van der Waals surface area (Å²) in [5, 5.41) is 2.50.